The minimum absolute atomic E-state index is 0.190. The van der Waals surface area contributed by atoms with E-state index in [1.54, 1.807) is 14.0 Å². The van der Waals surface area contributed by atoms with Gasteiger partial charge in [-0.25, -0.2) is 0 Å². The molecule has 0 aliphatic carbocycles. The molecule has 0 rings (SSSR count). The topological polar surface area (TPSA) is 67.5 Å². The molecule has 0 aromatic rings. The van der Waals surface area contributed by atoms with Gasteiger partial charge in [-0.1, -0.05) is 0 Å². The number of nitro groups is 1. The van der Waals surface area contributed by atoms with Gasteiger partial charge in [-0.05, 0) is 16.8 Å². The van der Waals surface area contributed by atoms with Gasteiger partial charge in [0.15, 0.2) is 0 Å². The van der Waals surface area contributed by atoms with Crippen molar-refractivity contribution in [1.82, 2.24) is 5.32 Å². The first-order valence-electron chi connectivity index (χ1n) is 2.73. The van der Waals surface area contributed by atoms with Gasteiger partial charge in [0.25, 0.3) is 0 Å². The van der Waals surface area contributed by atoms with Gasteiger partial charge in [-0.2, -0.15) is 0 Å². The lowest BCUT2D eigenvalue weighted by Crippen LogP contribution is -2.02. The van der Waals surface area contributed by atoms with E-state index in [4.69, 9.17) is 0 Å². The highest BCUT2D eigenvalue weighted by Gasteiger charge is 2.03. The monoisotopic (exact) mass is 143 g/mol. The fourth-order valence-corrected chi connectivity index (χ4v) is 0.398. The average Bonchev–Trinajstić information content (AvgIpc) is 1.87. The highest BCUT2D eigenvalue weighted by atomic mass is 16.6. The highest BCUT2D eigenvalue weighted by Crippen LogP contribution is 1.92. The van der Waals surface area contributed by atoms with E-state index >= 15 is 0 Å². The van der Waals surface area contributed by atoms with Crippen molar-refractivity contribution in [1.29, 1.82) is 0 Å². The molecule has 0 aliphatic heterocycles. The molecule has 0 unspecified atom stereocenters. The van der Waals surface area contributed by atoms with E-state index in [9.17, 15) is 10.1 Å². The van der Waals surface area contributed by atoms with Crippen LogP contribution in [0.15, 0.2) is 17.0 Å². The maximum atomic E-state index is 10.1. The summed E-state index contributed by atoms with van der Waals surface area (Å²) in [5, 5.41) is 12.6. The van der Waals surface area contributed by atoms with Crippen molar-refractivity contribution in [2.75, 3.05) is 7.05 Å². The van der Waals surface area contributed by atoms with Gasteiger partial charge in [0, 0.05) is 7.05 Å². The predicted molar refractivity (Wildman–Crippen MR) is 38.3 cm³/mol. The number of nitrogens with zero attached hydrogens (tertiary/aromatic N) is 2. The molecule has 0 heterocycles. The molecule has 0 aromatic carbocycles. The molecular formula is C5H9N3O2. The number of hydrogen-bond donors (Lipinski definition) is 1. The quantitative estimate of drug-likeness (QED) is 0.352. The molecule has 0 saturated heterocycles. The molecule has 0 fully saturated rings. The number of rotatable bonds is 3. The van der Waals surface area contributed by atoms with Crippen LogP contribution in [0.25, 0.3) is 0 Å². The van der Waals surface area contributed by atoms with Crippen LogP contribution in [-0.4, -0.2) is 18.2 Å². The van der Waals surface area contributed by atoms with Crippen LogP contribution in [0.4, 0.5) is 0 Å². The molecule has 0 atom stereocenters. The second-order valence-corrected chi connectivity index (χ2v) is 1.44. The largest absolute Gasteiger partial charge is 0.387 e. The molecule has 0 spiro atoms. The van der Waals surface area contributed by atoms with Gasteiger partial charge in [0.2, 0.25) is 0 Å². The Bertz CT molecular complexity index is 174. The summed E-state index contributed by atoms with van der Waals surface area (Å²) in [6, 6.07) is 0. The Hall–Kier alpha value is -1.39. The van der Waals surface area contributed by atoms with Crippen LogP contribution in [0.1, 0.15) is 6.92 Å². The summed E-state index contributed by atoms with van der Waals surface area (Å²) in [5.74, 6) is -0.190. The summed E-state index contributed by atoms with van der Waals surface area (Å²) in [4.78, 5) is 13.0. The Kier molecular flexibility index (Phi) is 3.86. The first-order chi connectivity index (χ1) is 4.72. The Labute approximate surface area is 58.6 Å². The summed E-state index contributed by atoms with van der Waals surface area (Å²) in [6.45, 7) is 1.62. The van der Waals surface area contributed by atoms with Crippen LogP contribution in [0.3, 0.4) is 0 Å². The Morgan fingerprint density at radius 3 is 2.70 bits per heavy atom. The Morgan fingerprint density at radius 2 is 2.40 bits per heavy atom. The summed E-state index contributed by atoms with van der Waals surface area (Å²) in [6.07, 6.45) is 2.59. The van der Waals surface area contributed by atoms with Gasteiger partial charge < -0.3 is 15.4 Å². The summed E-state index contributed by atoms with van der Waals surface area (Å²) < 4.78 is 0. The van der Waals surface area contributed by atoms with Crippen molar-refractivity contribution in [2.24, 2.45) is 4.99 Å². The zero-order chi connectivity index (χ0) is 7.98. The normalized spacial score (nSPS) is 12.0. The third-order valence-corrected chi connectivity index (χ3v) is 0.722. The van der Waals surface area contributed by atoms with Crippen molar-refractivity contribution in [3.8, 4) is 0 Å². The van der Waals surface area contributed by atoms with E-state index in [-0.39, 0.29) is 5.82 Å². The molecule has 0 saturated carbocycles. The maximum absolute atomic E-state index is 10.1. The van der Waals surface area contributed by atoms with Crippen LogP contribution in [0, 0.1) is 10.1 Å². The van der Waals surface area contributed by atoms with E-state index in [0.717, 1.165) is 0 Å². The molecule has 0 radical (unpaired) electrons. The average molecular weight is 143 g/mol. The smallest absolute Gasteiger partial charge is 0.378 e. The van der Waals surface area contributed by atoms with Crippen molar-refractivity contribution in [3.63, 3.8) is 0 Å². The molecule has 1 N–H and O–H groups in total. The van der Waals surface area contributed by atoms with E-state index in [1.165, 1.54) is 12.4 Å². The van der Waals surface area contributed by atoms with Crippen molar-refractivity contribution >= 4 is 6.21 Å². The van der Waals surface area contributed by atoms with Crippen molar-refractivity contribution < 1.29 is 4.92 Å². The van der Waals surface area contributed by atoms with Crippen molar-refractivity contribution in [2.45, 2.75) is 6.92 Å². The van der Waals surface area contributed by atoms with E-state index in [1.807, 2.05) is 0 Å². The number of nitrogens with one attached hydrogen (secondary N) is 1. The van der Waals surface area contributed by atoms with E-state index in [2.05, 4.69) is 10.3 Å². The van der Waals surface area contributed by atoms with Gasteiger partial charge >= 0.3 is 5.82 Å². The Morgan fingerprint density at radius 1 is 1.80 bits per heavy atom. The van der Waals surface area contributed by atoms with Gasteiger partial charge in [-0.3, -0.25) is 0 Å². The molecule has 5 heteroatoms. The molecule has 0 amide bonds. The van der Waals surface area contributed by atoms with Gasteiger partial charge in [0.1, 0.15) is 6.21 Å². The third-order valence-electron chi connectivity index (χ3n) is 0.722. The molecular weight excluding hydrogens is 134 g/mol. The minimum atomic E-state index is -0.559. The minimum Gasteiger partial charge on any atom is -0.387 e. The summed E-state index contributed by atoms with van der Waals surface area (Å²) in [5.41, 5.74) is 0. The van der Waals surface area contributed by atoms with Gasteiger partial charge in [-0.15, -0.1) is 0 Å². The summed E-state index contributed by atoms with van der Waals surface area (Å²) >= 11 is 0. The second kappa shape index (κ2) is 4.49. The maximum Gasteiger partial charge on any atom is 0.378 e. The van der Waals surface area contributed by atoms with Crippen LogP contribution in [-0.2, 0) is 0 Å². The van der Waals surface area contributed by atoms with E-state index < -0.39 is 4.92 Å². The van der Waals surface area contributed by atoms with Crippen LogP contribution in [0.5, 0.6) is 0 Å². The third kappa shape index (κ3) is 2.81. The fourth-order valence-electron chi connectivity index (χ4n) is 0.398. The molecule has 0 aromatic heterocycles. The molecule has 0 aliphatic rings. The molecule has 0 bridgehead atoms. The lowest BCUT2D eigenvalue weighted by molar-refractivity contribution is -0.426. The number of hydrogen-bond acceptors (Lipinski definition) is 4. The summed E-state index contributed by atoms with van der Waals surface area (Å²) in [7, 11) is 1.58. The fraction of sp³-hybridized carbons (Fsp3) is 0.400. The second-order valence-electron chi connectivity index (χ2n) is 1.44. The zero-order valence-corrected chi connectivity index (χ0v) is 5.87. The molecule has 56 valence electrons. The van der Waals surface area contributed by atoms with Crippen LogP contribution in [0.2, 0.25) is 0 Å². The molecule has 5 nitrogen and oxygen atoms in total. The van der Waals surface area contributed by atoms with Crippen LogP contribution < -0.4 is 5.32 Å². The lowest BCUT2D eigenvalue weighted by Gasteiger charge is -1.90. The zero-order valence-electron chi connectivity index (χ0n) is 5.87. The lowest BCUT2D eigenvalue weighted by atomic mass is 10.7. The van der Waals surface area contributed by atoms with Crippen LogP contribution >= 0.6 is 0 Å². The van der Waals surface area contributed by atoms with E-state index in [0.29, 0.717) is 0 Å². The Balaban J connectivity index is 4.26. The first-order valence-corrected chi connectivity index (χ1v) is 2.73. The molecule has 10 heavy (non-hydrogen) atoms. The predicted octanol–water partition coefficient (Wildman–Crippen LogP) is 0.372. The highest BCUT2D eigenvalue weighted by molar-refractivity contribution is 5.54. The standard InChI is InChI=1S/C5H9N3O2/c1-3-7-5(4-6-2)8(9)10/h3-4,6H,1-2H3/b5-4+,7-3?. The van der Waals surface area contributed by atoms with Crippen molar-refractivity contribution in [3.05, 3.63) is 22.1 Å². The number of aliphatic imine (C=N–C) groups is 1. The van der Waals surface area contributed by atoms with Gasteiger partial charge in [0.05, 0.1) is 6.20 Å². The first kappa shape index (κ1) is 8.61. The SMILES string of the molecule is CC=N/C(=C\NC)[N+](=O)[O-].